The van der Waals surface area contributed by atoms with E-state index in [4.69, 9.17) is 11.6 Å². The Kier molecular flexibility index (Phi) is 5.66. The van der Waals surface area contributed by atoms with Gasteiger partial charge in [-0.15, -0.1) is 0 Å². The number of carbonyl (C=O) groups is 2. The Morgan fingerprint density at radius 2 is 1.86 bits per heavy atom. The van der Waals surface area contributed by atoms with E-state index in [-0.39, 0.29) is 23.0 Å². The van der Waals surface area contributed by atoms with Crippen molar-refractivity contribution in [1.29, 1.82) is 0 Å². The molecule has 0 saturated heterocycles. The van der Waals surface area contributed by atoms with Gasteiger partial charge in [0.25, 0.3) is 11.8 Å². The van der Waals surface area contributed by atoms with E-state index in [2.05, 4.69) is 4.99 Å². The van der Waals surface area contributed by atoms with Gasteiger partial charge < -0.3 is 5.32 Å². The third-order valence-corrected chi connectivity index (χ3v) is 4.59. The summed E-state index contributed by atoms with van der Waals surface area (Å²) in [5.74, 6) is -2.59. The largest absolute Gasteiger partial charge is 0.442 e. The van der Waals surface area contributed by atoms with Crippen LogP contribution in [0.5, 0.6) is 0 Å². The smallest absolute Gasteiger partial charge is 0.312 e. The van der Waals surface area contributed by atoms with Crippen molar-refractivity contribution in [3.05, 3.63) is 70.7 Å². The first-order valence-corrected chi connectivity index (χ1v) is 9.19. The maximum Gasteiger partial charge on any atom is 0.442 e. The second-order valence-corrected chi connectivity index (χ2v) is 6.87. The molecule has 1 heterocycles. The molecule has 1 aliphatic heterocycles. The molecule has 0 bridgehead atoms. The molecule has 2 aromatic rings. The zero-order valence-corrected chi connectivity index (χ0v) is 16.1. The number of nitrogens with zero attached hydrogens (tertiary/aromatic N) is 2. The minimum Gasteiger partial charge on any atom is -0.312 e. The topological polar surface area (TPSA) is 61.8 Å². The number of amidine groups is 1. The lowest BCUT2D eigenvalue weighted by Crippen LogP contribution is -2.63. The number of carbonyl (C=O) groups excluding carboxylic acids is 2. The second-order valence-electron chi connectivity index (χ2n) is 6.43. The summed E-state index contributed by atoms with van der Waals surface area (Å²) in [7, 11) is 0. The van der Waals surface area contributed by atoms with Gasteiger partial charge in [-0.05, 0) is 24.6 Å². The number of hydrogen-bond donors (Lipinski definition) is 1. The summed E-state index contributed by atoms with van der Waals surface area (Å²) in [6.45, 7) is 1.76. The van der Waals surface area contributed by atoms with Crippen molar-refractivity contribution in [2.75, 3.05) is 6.54 Å². The number of aliphatic imine (C=N–C) groups is 1. The molecule has 2 amide bonds. The summed E-state index contributed by atoms with van der Waals surface area (Å²) in [4.78, 5) is 30.2. The number of nitrogens with one attached hydrogen (secondary N) is 1. The maximum absolute atomic E-state index is 14.1. The Hall–Kier alpha value is -2.87. The van der Waals surface area contributed by atoms with E-state index in [1.807, 2.05) is 5.32 Å². The predicted molar refractivity (Wildman–Crippen MR) is 103 cm³/mol. The van der Waals surface area contributed by atoms with Gasteiger partial charge in [0.2, 0.25) is 0 Å². The van der Waals surface area contributed by atoms with Crippen molar-refractivity contribution in [2.24, 2.45) is 4.99 Å². The van der Waals surface area contributed by atoms with E-state index < -0.39 is 23.7 Å². The molecule has 3 rings (SSSR count). The first-order valence-electron chi connectivity index (χ1n) is 8.81. The van der Waals surface area contributed by atoms with Gasteiger partial charge >= 0.3 is 11.8 Å². The van der Waals surface area contributed by atoms with Gasteiger partial charge in [0.05, 0.1) is 0 Å². The standard InChI is InChI=1S/C20H17ClF3N3O2/c1-2-11-27-16(13-7-4-3-5-8-13)25-19(18(27)29,20(22,23)24)26-17(28)14-9-6-10-15(21)12-14/h3-10,12H,2,11H2,1H3,(H,26,28). The number of rotatable bonds is 5. The molecule has 0 fully saturated rings. The summed E-state index contributed by atoms with van der Waals surface area (Å²) < 4.78 is 42.4. The SMILES string of the molecule is CCCN1C(=O)C(NC(=O)c2cccc(Cl)c2)(C(F)(F)F)N=C1c1ccccc1. The summed E-state index contributed by atoms with van der Waals surface area (Å²) in [5, 5.41) is 1.99. The molecule has 0 spiro atoms. The molecule has 0 saturated carbocycles. The van der Waals surface area contributed by atoms with Crippen LogP contribution in [0.15, 0.2) is 59.6 Å². The zero-order valence-electron chi connectivity index (χ0n) is 15.3. The third kappa shape index (κ3) is 3.85. The van der Waals surface area contributed by atoms with Gasteiger partial charge in [0.15, 0.2) is 0 Å². The van der Waals surface area contributed by atoms with Gasteiger partial charge in [-0.25, -0.2) is 4.99 Å². The lowest BCUT2D eigenvalue weighted by molar-refractivity contribution is -0.196. The van der Waals surface area contributed by atoms with E-state index in [0.717, 1.165) is 4.90 Å². The maximum atomic E-state index is 14.1. The van der Waals surface area contributed by atoms with E-state index in [9.17, 15) is 22.8 Å². The lowest BCUT2D eigenvalue weighted by atomic mass is 10.1. The molecule has 0 radical (unpaired) electrons. The van der Waals surface area contributed by atoms with Crippen LogP contribution in [0.4, 0.5) is 13.2 Å². The van der Waals surface area contributed by atoms with Gasteiger partial charge in [-0.3, -0.25) is 14.5 Å². The van der Waals surface area contributed by atoms with Crippen molar-refractivity contribution in [3.63, 3.8) is 0 Å². The van der Waals surface area contributed by atoms with Gasteiger partial charge in [0.1, 0.15) is 5.84 Å². The molecular weight excluding hydrogens is 407 g/mol. The lowest BCUT2D eigenvalue weighted by Gasteiger charge is -2.29. The van der Waals surface area contributed by atoms with Crippen LogP contribution in [-0.4, -0.2) is 40.9 Å². The van der Waals surface area contributed by atoms with E-state index in [0.29, 0.717) is 12.0 Å². The molecular formula is C20H17ClF3N3O2. The van der Waals surface area contributed by atoms with E-state index in [1.54, 1.807) is 37.3 Å². The monoisotopic (exact) mass is 423 g/mol. The highest BCUT2D eigenvalue weighted by atomic mass is 35.5. The minimum absolute atomic E-state index is 0.0252. The Morgan fingerprint density at radius 1 is 1.17 bits per heavy atom. The highest BCUT2D eigenvalue weighted by molar-refractivity contribution is 6.31. The highest BCUT2D eigenvalue weighted by Gasteiger charge is 2.67. The van der Waals surface area contributed by atoms with Crippen molar-refractivity contribution >= 4 is 29.3 Å². The zero-order chi connectivity index (χ0) is 21.2. The third-order valence-electron chi connectivity index (χ3n) is 4.35. The summed E-state index contributed by atoms with van der Waals surface area (Å²) >= 11 is 5.82. The first kappa shape index (κ1) is 20.9. The number of alkyl halides is 3. The molecule has 1 N–H and O–H groups in total. The Morgan fingerprint density at radius 3 is 2.45 bits per heavy atom. The normalized spacial score (nSPS) is 19.3. The number of amides is 2. The molecule has 1 aliphatic rings. The van der Waals surface area contributed by atoms with Crippen LogP contribution < -0.4 is 5.32 Å². The number of hydrogen-bond acceptors (Lipinski definition) is 3. The Balaban J connectivity index is 2.10. The second kappa shape index (κ2) is 7.87. The Bertz CT molecular complexity index is 963. The predicted octanol–water partition coefficient (Wildman–Crippen LogP) is 4.03. The van der Waals surface area contributed by atoms with E-state index >= 15 is 0 Å². The highest BCUT2D eigenvalue weighted by Crippen LogP contribution is 2.38. The minimum atomic E-state index is -5.15. The quantitative estimate of drug-likeness (QED) is 0.789. The molecule has 0 aromatic heterocycles. The van der Waals surface area contributed by atoms with Crippen LogP contribution in [0, 0.1) is 0 Å². The molecule has 152 valence electrons. The number of halogens is 4. The van der Waals surface area contributed by atoms with Crippen molar-refractivity contribution in [2.45, 2.75) is 25.2 Å². The van der Waals surface area contributed by atoms with Crippen LogP contribution in [0.2, 0.25) is 5.02 Å². The summed E-state index contributed by atoms with van der Waals surface area (Å²) in [6, 6.07) is 13.5. The van der Waals surface area contributed by atoms with Crippen LogP contribution in [0.25, 0.3) is 0 Å². The van der Waals surface area contributed by atoms with Crippen LogP contribution in [0.3, 0.4) is 0 Å². The van der Waals surface area contributed by atoms with Crippen molar-refractivity contribution in [3.8, 4) is 0 Å². The van der Waals surface area contributed by atoms with Crippen molar-refractivity contribution in [1.82, 2.24) is 10.2 Å². The van der Waals surface area contributed by atoms with Crippen LogP contribution >= 0.6 is 11.6 Å². The first-order chi connectivity index (χ1) is 13.7. The van der Waals surface area contributed by atoms with Gasteiger partial charge in [-0.1, -0.05) is 54.9 Å². The molecule has 1 atom stereocenters. The van der Waals surface area contributed by atoms with Crippen molar-refractivity contribution < 1.29 is 22.8 Å². The number of benzene rings is 2. The Labute approximate surface area is 170 Å². The average Bonchev–Trinajstić information content (AvgIpc) is 2.96. The van der Waals surface area contributed by atoms with Gasteiger partial charge in [0, 0.05) is 22.7 Å². The van der Waals surface area contributed by atoms with Crippen LogP contribution in [0.1, 0.15) is 29.3 Å². The van der Waals surface area contributed by atoms with Gasteiger partial charge in [-0.2, -0.15) is 13.2 Å². The molecule has 0 aliphatic carbocycles. The molecule has 2 aromatic carbocycles. The van der Waals surface area contributed by atoms with E-state index in [1.165, 1.54) is 24.3 Å². The fourth-order valence-corrected chi connectivity index (χ4v) is 3.19. The molecule has 5 nitrogen and oxygen atoms in total. The summed E-state index contributed by atoms with van der Waals surface area (Å²) in [6.07, 6.45) is -4.74. The molecule has 1 unspecified atom stereocenters. The fourth-order valence-electron chi connectivity index (χ4n) is 3.00. The molecule has 29 heavy (non-hydrogen) atoms. The van der Waals surface area contributed by atoms with Crippen LogP contribution in [-0.2, 0) is 4.79 Å². The fraction of sp³-hybridized carbons (Fsp3) is 0.250. The molecule has 9 heteroatoms. The average molecular weight is 424 g/mol. The summed E-state index contributed by atoms with van der Waals surface area (Å²) in [5.41, 5.74) is -3.18.